The minimum absolute atomic E-state index is 0.132. The van der Waals surface area contributed by atoms with Gasteiger partial charge in [0.05, 0.1) is 6.20 Å². The van der Waals surface area contributed by atoms with Crippen molar-refractivity contribution in [2.75, 3.05) is 7.05 Å². The summed E-state index contributed by atoms with van der Waals surface area (Å²) < 4.78 is 5.81. The predicted octanol–water partition coefficient (Wildman–Crippen LogP) is 5.48. The molecule has 3 aromatic carbocycles. The minimum atomic E-state index is 0.132. The SMILES string of the molecule is CN(Cc1ccc2ccccc2c1)C(=O)CCCc1ncc(-c2ccccc2)o1. The molecule has 0 radical (unpaired) electrons. The molecule has 0 spiro atoms. The molecule has 29 heavy (non-hydrogen) atoms. The van der Waals surface area contributed by atoms with Crippen molar-refractivity contribution < 1.29 is 9.21 Å². The lowest BCUT2D eigenvalue weighted by molar-refractivity contribution is -0.130. The van der Waals surface area contributed by atoms with Gasteiger partial charge in [-0.05, 0) is 28.8 Å². The molecule has 1 heterocycles. The summed E-state index contributed by atoms with van der Waals surface area (Å²) >= 11 is 0. The van der Waals surface area contributed by atoms with Crippen molar-refractivity contribution in [1.82, 2.24) is 9.88 Å². The second-order valence-electron chi connectivity index (χ2n) is 7.27. The van der Waals surface area contributed by atoms with E-state index in [0.29, 0.717) is 25.3 Å². The van der Waals surface area contributed by atoms with Crippen LogP contribution in [0.4, 0.5) is 0 Å². The van der Waals surface area contributed by atoms with E-state index in [2.05, 4.69) is 35.3 Å². The largest absolute Gasteiger partial charge is 0.441 e. The third kappa shape index (κ3) is 4.72. The number of fused-ring (bicyclic) bond motifs is 1. The maximum atomic E-state index is 12.5. The molecule has 1 aromatic heterocycles. The van der Waals surface area contributed by atoms with E-state index in [1.165, 1.54) is 10.8 Å². The smallest absolute Gasteiger partial charge is 0.222 e. The van der Waals surface area contributed by atoms with Gasteiger partial charge in [0.25, 0.3) is 0 Å². The summed E-state index contributed by atoms with van der Waals surface area (Å²) in [6.45, 7) is 0.612. The average molecular weight is 384 g/mol. The van der Waals surface area contributed by atoms with E-state index in [1.807, 2.05) is 49.5 Å². The standard InChI is InChI=1S/C25H24N2O2/c1-27(18-19-14-15-20-8-5-6-11-22(20)16-19)25(28)13-7-12-24-26-17-23(29-24)21-9-3-2-4-10-21/h2-6,8-11,14-17H,7,12-13,18H2,1H3. The summed E-state index contributed by atoms with van der Waals surface area (Å²) in [5.41, 5.74) is 2.15. The number of hydrogen-bond donors (Lipinski definition) is 0. The number of amides is 1. The van der Waals surface area contributed by atoms with Crippen LogP contribution in [0, 0.1) is 0 Å². The Kier molecular flexibility index (Phi) is 5.71. The van der Waals surface area contributed by atoms with Gasteiger partial charge in [0, 0.05) is 32.0 Å². The molecule has 0 saturated heterocycles. The summed E-state index contributed by atoms with van der Waals surface area (Å²) in [5, 5.41) is 2.41. The lowest BCUT2D eigenvalue weighted by Crippen LogP contribution is -2.25. The second-order valence-corrected chi connectivity index (χ2v) is 7.27. The molecule has 4 heteroatoms. The molecular formula is C25H24N2O2. The van der Waals surface area contributed by atoms with E-state index >= 15 is 0 Å². The quantitative estimate of drug-likeness (QED) is 0.424. The Morgan fingerprint density at radius 2 is 1.72 bits per heavy atom. The Labute approximate surface area is 170 Å². The Bertz CT molecular complexity index is 1100. The minimum Gasteiger partial charge on any atom is -0.441 e. The van der Waals surface area contributed by atoms with E-state index in [4.69, 9.17) is 4.42 Å². The Morgan fingerprint density at radius 3 is 2.55 bits per heavy atom. The molecule has 0 N–H and O–H groups in total. The van der Waals surface area contributed by atoms with E-state index in [1.54, 1.807) is 11.1 Å². The van der Waals surface area contributed by atoms with Crippen LogP contribution in [0.25, 0.3) is 22.1 Å². The average Bonchev–Trinajstić information content (AvgIpc) is 3.23. The number of aromatic nitrogens is 1. The molecule has 146 valence electrons. The number of hydrogen-bond acceptors (Lipinski definition) is 3. The molecule has 0 aliphatic heterocycles. The van der Waals surface area contributed by atoms with E-state index in [9.17, 15) is 4.79 Å². The van der Waals surface area contributed by atoms with Crippen molar-refractivity contribution in [2.45, 2.75) is 25.8 Å². The van der Waals surface area contributed by atoms with Gasteiger partial charge in [-0.15, -0.1) is 0 Å². The first-order valence-corrected chi connectivity index (χ1v) is 9.91. The fourth-order valence-electron chi connectivity index (χ4n) is 3.44. The number of benzene rings is 3. The zero-order valence-electron chi connectivity index (χ0n) is 16.5. The van der Waals surface area contributed by atoms with Crippen molar-refractivity contribution >= 4 is 16.7 Å². The predicted molar refractivity (Wildman–Crippen MR) is 115 cm³/mol. The number of oxazole rings is 1. The highest BCUT2D eigenvalue weighted by molar-refractivity contribution is 5.83. The Morgan fingerprint density at radius 1 is 0.966 bits per heavy atom. The molecule has 0 saturated carbocycles. The van der Waals surface area contributed by atoms with Gasteiger partial charge in [0.2, 0.25) is 5.91 Å². The van der Waals surface area contributed by atoms with E-state index in [-0.39, 0.29) is 5.91 Å². The van der Waals surface area contributed by atoms with Crippen molar-refractivity contribution in [3.8, 4) is 11.3 Å². The van der Waals surface area contributed by atoms with E-state index < -0.39 is 0 Å². The van der Waals surface area contributed by atoms with Crippen LogP contribution in [0.3, 0.4) is 0 Å². The first kappa shape index (κ1) is 18.9. The van der Waals surface area contributed by atoms with Gasteiger partial charge >= 0.3 is 0 Å². The molecule has 4 rings (SSSR count). The molecule has 4 nitrogen and oxygen atoms in total. The van der Waals surface area contributed by atoms with Crippen LogP contribution in [0.15, 0.2) is 83.4 Å². The lowest BCUT2D eigenvalue weighted by Gasteiger charge is -2.17. The van der Waals surface area contributed by atoms with Gasteiger partial charge in [-0.3, -0.25) is 4.79 Å². The highest BCUT2D eigenvalue weighted by Crippen LogP contribution is 2.21. The summed E-state index contributed by atoms with van der Waals surface area (Å²) in [7, 11) is 1.86. The molecule has 0 aliphatic carbocycles. The maximum absolute atomic E-state index is 12.5. The van der Waals surface area contributed by atoms with Crippen molar-refractivity contribution in [3.63, 3.8) is 0 Å². The van der Waals surface area contributed by atoms with Crippen LogP contribution >= 0.6 is 0 Å². The van der Waals surface area contributed by atoms with E-state index in [0.717, 1.165) is 23.3 Å². The first-order chi connectivity index (χ1) is 14.2. The van der Waals surface area contributed by atoms with Gasteiger partial charge in [-0.1, -0.05) is 66.7 Å². The fraction of sp³-hybridized carbons (Fsp3) is 0.200. The molecular weight excluding hydrogens is 360 g/mol. The molecule has 0 bridgehead atoms. The van der Waals surface area contributed by atoms with Gasteiger partial charge in [-0.2, -0.15) is 0 Å². The van der Waals surface area contributed by atoms with Crippen LogP contribution in [0.1, 0.15) is 24.3 Å². The zero-order chi connectivity index (χ0) is 20.1. The summed E-state index contributed by atoms with van der Waals surface area (Å²) in [6.07, 6.45) is 3.60. The van der Waals surface area contributed by atoms with Crippen molar-refractivity contribution in [3.05, 3.63) is 90.4 Å². The van der Waals surface area contributed by atoms with Crippen LogP contribution in [-0.2, 0) is 17.8 Å². The topological polar surface area (TPSA) is 46.3 Å². The molecule has 0 fully saturated rings. The third-order valence-corrected chi connectivity index (χ3v) is 5.05. The number of rotatable bonds is 7. The highest BCUT2D eigenvalue weighted by atomic mass is 16.4. The Hall–Kier alpha value is -3.40. The number of nitrogens with zero attached hydrogens (tertiary/aromatic N) is 2. The molecule has 1 amide bonds. The van der Waals surface area contributed by atoms with Crippen molar-refractivity contribution in [1.29, 1.82) is 0 Å². The fourth-order valence-corrected chi connectivity index (χ4v) is 3.44. The number of carbonyl (C=O) groups excluding carboxylic acids is 1. The Balaban J connectivity index is 1.28. The summed E-state index contributed by atoms with van der Waals surface area (Å²) in [6, 6.07) is 24.5. The summed E-state index contributed by atoms with van der Waals surface area (Å²) in [5.74, 6) is 1.57. The van der Waals surface area contributed by atoms with Crippen LogP contribution < -0.4 is 0 Å². The molecule has 0 unspecified atom stereocenters. The second kappa shape index (κ2) is 8.74. The molecule has 4 aromatic rings. The van der Waals surface area contributed by atoms with Gasteiger partial charge in [0.15, 0.2) is 11.7 Å². The van der Waals surface area contributed by atoms with Crippen LogP contribution in [-0.4, -0.2) is 22.8 Å². The van der Waals surface area contributed by atoms with Crippen LogP contribution in [0.2, 0.25) is 0 Å². The van der Waals surface area contributed by atoms with Gasteiger partial charge in [0.1, 0.15) is 0 Å². The monoisotopic (exact) mass is 384 g/mol. The lowest BCUT2D eigenvalue weighted by atomic mass is 10.1. The first-order valence-electron chi connectivity index (χ1n) is 9.91. The van der Waals surface area contributed by atoms with Crippen molar-refractivity contribution in [2.24, 2.45) is 0 Å². The van der Waals surface area contributed by atoms with Gasteiger partial charge < -0.3 is 9.32 Å². The zero-order valence-corrected chi connectivity index (χ0v) is 16.5. The third-order valence-electron chi connectivity index (χ3n) is 5.05. The van der Waals surface area contributed by atoms with Crippen LogP contribution in [0.5, 0.6) is 0 Å². The normalized spacial score (nSPS) is 10.9. The molecule has 0 aliphatic rings. The number of aryl methyl sites for hydroxylation is 1. The summed E-state index contributed by atoms with van der Waals surface area (Å²) in [4.78, 5) is 18.6. The highest BCUT2D eigenvalue weighted by Gasteiger charge is 2.11. The molecule has 0 atom stereocenters. The van der Waals surface area contributed by atoms with Gasteiger partial charge in [-0.25, -0.2) is 4.98 Å². The maximum Gasteiger partial charge on any atom is 0.222 e. The number of carbonyl (C=O) groups is 1.